The molecule has 0 aromatic heterocycles. The van der Waals surface area contributed by atoms with Crippen LogP contribution in [0.1, 0.15) is 17.3 Å². The van der Waals surface area contributed by atoms with Crippen LogP contribution in [0.5, 0.6) is 0 Å². The molecule has 0 unspecified atom stereocenters. The number of nitrogens with zero attached hydrogens (tertiary/aromatic N) is 1. The van der Waals surface area contributed by atoms with Crippen molar-refractivity contribution in [1.82, 2.24) is 4.90 Å². The van der Waals surface area contributed by atoms with Crippen molar-refractivity contribution in [2.45, 2.75) is 11.8 Å². The lowest BCUT2D eigenvalue weighted by Crippen LogP contribution is -2.34. The first-order valence-electron chi connectivity index (χ1n) is 5.36. The third-order valence-corrected chi connectivity index (χ3v) is 2.69. The fourth-order valence-electron chi connectivity index (χ4n) is 1.45. The molecule has 0 aliphatic carbocycles. The lowest BCUT2D eigenvalue weighted by atomic mass is 10.2. The van der Waals surface area contributed by atoms with Gasteiger partial charge in [0.1, 0.15) is 5.82 Å². The second-order valence-electron chi connectivity index (χ2n) is 3.54. The van der Waals surface area contributed by atoms with Crippen molar-refractivity contribution < 1.29 is 13.9 Å². The molecule has 0 saturated carbocycles. The van der Waals surface area contributed by atoms with Crippen LogP contribution in [0.3, 0.4) is 0 Å². The third-order valence-electron chi connectivity index (χ3n) is 2.41. The number of carbonyl (C=O) groups is 1. The molecule has 0 radical (unpaired) electrons. The highest BCUT2D eigenvalue weighted by molar-refractivity contribution is 7.80. The van der Waals surface area contributed by atoms with Crippen LogP contribution in [0.15, 0.2) is 23.1 Å². The predicted molar refractivity (Wildman–Crippen MR) is 67.1 cm³/mol. The number of methoxy groups -OCH3 is 1. The predicted octanol–water partition coefficient (Wildman–Crippen LogP) is 2.22. The number of amides is 1. The number of ether oxygens (including phenoxy) is 1. The fourth-order valence-corrected chi connectivity index (χ4v) is 1.66. The van der Waals surface area contributed by atoms with Gasteiger partial charge in [-0.2, -0.15) is 0 Å². The van der Waals surface area contributed by atoms with Gasteiger partial charge in [-0.3, -0.25) is 4.79 Å². The number of hydrogen-bond acceptors (Lipinski definition) is 3. The monoisotopic (exact) mass is 257 g/mol. The number of hydrogen-bond donors (Lipinski definition) is 1. The zero-order chi connectivity index (χ0) is 12.8. The lowest BCUT2D eigenvalue weighted by molar-refractivity contribution is 0.0701. The summed E-state index contributed by atoms with van der Waals surface area (Å²) in [6.45, 7) is 3.23. The first-order chi connectivity index (χ1) is 8.10. The minimum atomic E-state index is -0.524. The molecule has 0 aliphatic heterocycles. The Kier molecular flexibility index (Phi) is 5.44. The molecular weight excluding hydrogens is 241 g/mol. The van der Waals surface area contributed by atoms with E-state index in [0.717, 1.165) is 0 Å². The van der Waals surface area contributed by atoms with Crippen LogP contribution in [0.4, 0.5) is 4.39 Å². The van der Waals surface area contributed by atoms with E-state index >= 15 is 0 Å². The maximum Gasteiger partial charge on any atom is 0.256 e. The van der Waals surface area contributed by atoms with Crippen LogP contribution in [-0.4, -0.2) is 37.6 Å². The average Bonchev–Trinajstić information content (AvgIpc) is 2.33. The molecule has 1 amide bonds. The Balaban J connectivity index is 2.89. The molecule has 1 rings (SSSR count). The van der Waals surface area contributed by atoms with Crippen LogP contribution < -0.4 is 0 Å². The molecule has 5 heteroatoms. The third kappa shape index (κ3) is 3.71. The van der Waals surface area contributed by atoms with Crippen molar-refractivity contribution in [2.75, 3.05) is 26.8 Å². The second-order valence-corrected chi connectivity index (χ2v) is 4.06. The van der Waals surface area contributed by atoms with Crippen LogP contribution in [-0.2, 0) is 4.74 Å². The van der Waals surface area contributed by atoms with E-state index in [9.17, 15) is 9.18 Å². The van der Waals surface area contributed by atoms with Gasteiger partial charge in [0.2, 0.25) is 0 Å². The highest BCUT2D eigenvalue weighted by Crippen LogP contribution is 2.15. The molecule has 0 aliphatic rings. The van der Waals surface area contributed by atoms with E-state index in [-0.39, 0.29) is 11.5 Å². The summed E-state index contributed by atoms with van der Waals surface area (Å²) in [5, 5.41) is 0. The maximum absolute atomic E-state index is 13.5. The molecule has 0 spiro atoms. The molecule has 1 aromatic carbocycles. The first-order valence-corrected chi connectivity index (χ1v) is 5.81. The van der Waals surface area contributed by atoms with E-state index < -0.39 is 5.82 Å². The number of carbonyl (C=O) groups excluding carboxylic acids is 1. The van der Waals surface area contributed by atoms with Crippen molar-refractivity contribution in [2.24, 2.45) is 0 Å². The SMILES string of the molecule is CCN(CCOC)C(=O)c1cc(S)ccc1F. The Bertz CT molecular complexity index is 398. The molecule has 0 heterocycles. The van der Waals surface area contributed by atoms with Gasteiger partial charge in [0.25, 0.3) is 5.91 Å². The zero-order valence-electron chi connectivity index (χ0n) is 9.94. The van der Waals surface area contributed by atoms with E-state index in [1.165, 1.54) is 23.1 Å². The summed E-state index contributed by atoms with van der Waals surface area (Å²) >= 11 is 4.10. The summed E-state index contributed by atoms with van der Waals surface area (Å²) in [6, 6.07) is 4.20. The van der Waals surface area contributed by atoms with Gasteiger partial charge in [-0.25, -0.2) is 4.39 Å². The van der Waals surface area contributed by atoms with Gasteiger partial charge in [0.15, 0.2) is 0 Å². The topological polar surface area (TPSA) is 29.5 Å². The Morgan fingerprint density at radius 1 is 1.53 bits per heavy atom. The number of likely N-dealkylation sites (N-methyl/N-ethyl adjacent to an activating group) is 1. The molecular formula is C12H16FNO2S. The van der Waals surface area contributed by atoms with E-state index in [1.807, 2.05) is 6.92 Å². The van der Waals surface area contributed by atoms with Crippen molar-refractivity contribution in [1.29, 1.82) is 0 Å². The van der Waals surface area contributed by atoms with E-state index in [2.05, 4.69) is 12.6 Å². The van der Waals surface area contributed by atoms with Gasteiger partial charge < -0.3 is 9.64 Å². The van der Waals surface area contributed by atoms with E-state index in [4.69, 9.17) is 4.74 Å². The smallest absolute Gasteiger partial charge is 0.256 e. The zero-order valence-corrected chi connectivity index (χ0v) is 10.8. The molecule has 0 bridgehead atoms. The Labute approximate surface area is 106 Å². The van der Waals surface area contributed by atoms with Crippen molar-refractivity contribution in [3.63, 3.8) is 0 Å². The van der Waals surface area contributed by atoms with Gasteiger partial charge in [0, 0.05) is 25.1 Å². The van der Waals surface area contributed by atoms with E-state index in [1.54, 1.807) is 7.11 Å². The summed E-state index contributed by atoms with van der Waals surface area (Å²) in [6.07, 6.45) is 0. The minimum Gasteiger partial charge on any atom is -0.383 e. The van der Waals surface area contributed by atoms with Crippen LogP contribution in [0.25, 0.3) is 0 Å². The van der Waals surface area contributed by atoms with Gasteiger partial charge in [-0.05, 0) is 25.1 Å². The molecule has 17 heavy (non-hydrogen) atoms. The van der Waals surface area contributed by atoms with Crippen LogP contribution in [0.2, 0.25) is 0 Å². The molecule has 0 fully saturated rings. The molecule has 0 N–H and O–H groups in total. The van der Waals surface area contributed by atoms with Crippen molar-refractivity contribution in [3.05, 3.63) is 29.6 Å². The number of benzene rings is 1. The normalized spacial score (nSPS) is 10.4. The molecule has 94 valence electrons. The molecule has 0 atom stereocenters. The number of rotatable bonds is 5. The van der Waals surface area contributed by atoms with Gasteiger partial charge in [-0.15, -0.1) is 12.6 Å². The van der Waals surface area contributed by atoms with Crippen LogP contribution in [0, 0.1) is 5.82 Å². The van der Waals surface area contributed by atoms with Crippen molar-refractivity contribution in [3.8, 4) is 0 Å². The number of halogens is 1. The largest absolute Gasteiger partial charge is 0.383 e. The van der Waals surface area contributed by atoms with E-state index in [0.29, 0.717) is 24.6 Å². The van der Waals surface area contributed by atoms with Crippen LogP contribution >= 0.6 is 12.6 Å². The molecule has 3 nitrogen and oxygen atoms in total. The summed E-state index contributed by atoms with van der Waals surface area (Å²) in [5.74, 6) is -0.860. The lowest BCUT2D eigenvalue weighted by Gasteiger charge is -2.20. The quantitative estimate of drug-likeness (QED) is 0.820. The van der Waals surface area contributed by atoms with Gasteiger partial charge in [0.05, 0.1) is 12.2 Å². The Hall–Kier alpha value is -1.07. The molecule has 1 aromatic rings. The highest BCUT2D eigenvalue weighted by Gasteiger charge is 2.17. The summed E-state index contributed by atoms with van der Waals surface area (Å²) in [4.78, 5) is 14.2. The maximum atomic E-state index is 13.5. The minimum absolute atomic E-state index is 0.0513. The summed E-state index contributed by atoms with van der Waals surface area (Å²) in [5.41, 5.74) is 0.0513. The Morgan fingerprint density at radius 2 is 2.24 bits per heavy atom. The van der Waals surface area contributed by atoms with Crippen molar-refractivity contribution >= 4 is 18.5 Å². The summed E-state index contributed by atoms with van der Waals surface area (Å²) < 4.78 is 18.4. The standard InChI is InChI=1S/C12H16FNO2S/c1-3-14(6-7-16-2)12(15)10-8-9(17)4-5-11(10)13/h4-5,8,17H,3,6-7H2,1-2H3. The Morgan fingerprint density at radius 3 is 2.82 bits per heavy atom. The number of thiol groups is 1. The van der Waals surface area contributed by atoms with Gasteiger partial charge in [-0.1, -0.05) is 0 Å². The first kappa shape index (κ1) is 14.0. The fraction of sp³-hybridized carbons (Fsp3) is 0.417. The highest BCUT2D eigenvalue weighted by atomic mass is 32.1. The summed E-state index contributed by atoms with van der Waals surface area (Å²) in [7, 11) is 1.56. The van der Waals surface area contributed by atoms with Gasteiger partial charge >= 0.3 is 0 Å². The second kappa shape index (κ2) is 6.61. The molecule has 0 saturated heterocycles. The average molecular weight is 257 g/mol.